The molecule has 1 aliphatic heterocycles. The summed E-state index contributed by atoms with van der Waals surface area (Å²) in [6, 6.07) is 0.739. The average molecular weight is 272 g/mol. The lowest BCUT2D eigenvalue weighted by Crippen LogP contribution is -2.46. The van der Waals surface area contributed by atoms with Crippen molar-refractivity contribution in [3.8, 4) is 0 Å². The van der Waals surface area contributed by atoms with Gasteiger partial charge >= 0.3 is 0 Å². The molecule has 1 heterocycles. The van der Waals surface area contributed by atoms with E-state index in [1.807, 2.05) is 0 Å². The van der Waals surface area contributed by atoms with E-state index in [1.165, 1.54) is 12.8 Å². The third-order valence-electron chi connectivity index (χ3n) is 4.11. The molecule has 0 amide bonds. The van der Waals surface area contributed by atoms with Crippen LogP contribution in [0.4, 0.5) is 0 Å². The Kier molecular flexibility index (Phi) is 6.04. The molecular formula is C14H28N2O3. The zero-order valence-corrected chi connectivity index (χ0v) is 12.1. The van der Waals surface area contributed by atoms with Gasteiger partial charge in [0.15, 0.2) is 0 Å². The summed E-state index contributed by atoms with van der Waals surface area (Å²) < 4.78 is 10.8. The van der Waals surface area contributed by atoms with Crippen LogP contribution in [0, 0.1) is 5.41 Å². The second-order valence-electron chi connectivity index (χ2n) is 5.95. The highest BCUT2D eigenvalue weighted by atomic mass is 16.5. The molecule has 19 heavy (non-hydrogen) atoms. The zero-order valence-electron chi connectivity index (χ0n) is 12.1. The Balaban J connectivity index is 1.84. The second-order valence-corrected chi connectivity index (χ2v) is 5.95. The summed E-state index contributed by atoms with van der Waals surface area (Å²) in [5.41, 5.74) is 0.214. The van der Waals surface area contributed by atoms with Gasteiger partial charge in [-0.25, -0.2) is 0 Å². The van der Waals surface area contributed by atoms with Crippen molar-refractivity contribution in [2.24, 2.45) is 5.41 Å². The van der Waals surface area contributed by atoms with Crippen LogP contribution in [0.1, 0.15) is 19.3 Å². The monoisotopic (exact) mass is 272 g/mol. The fourth-order valence-corrected chi connectivity index (χ4v) is 2.72. The largest absolute Gasteiger partial charge is 0.395 e. The first-order valence-corrected chi connectivity index (χ1v) is 7.41. The maximum atomic E-state index is 9.19. The highest BCUT2D eigenvalue weighted by Crippen LogP contribution is 2.30. The first-order chi connectivity index (χ1) is 9.28. The normalized spacial score (nSPS) is 27.3. The molecule has 0 radical (unpaired) electrons. The topological polar surface area (TPSA) is 54.0 Å². The van der Waals surface area contributed by atoms with Crippen molar-refractivity contribution < 1.29 is 14.6 Å². The quantitative estimate of drug-likeness (QED) is 0.590. The number of hydrogen-bond acceptors (Lipinski definition) is 5. The summed E-state index contributed by atoms with van der Waals surface area (Å²) in [7, 11) is 1.72. The standard InChI is InChI=1S/C14H28N2O3/c1-18-9-6-16(5-7-17)11-14(4-8-19-12-14)10-15-13-2-3-13/h13,15,17H,2-12H2,1H3. The minimum absolute atomic E-state index is 0.205. The summed E-state index contributed by atoms with van der Waals surface area (Å²) in [6.07, 6.45) is 3.75. The van der Waals surface area contributed by atoms with Crippen LogP contribution in [0.3, 0.4) is 0 Å². The molecule has 0 aromatic heterocycles. The molecule has 1 saturated carbocycles. The molecule has 0 aromatic rings. The molecule has 0 bridgehead atoms. The predicted molar refractivity (Wildman–Crippen MR) is 74.3 cm³/mol. The van der Waals surface area contributed by atoms with Crippen LogP contribution in [-0.4, -0.2) is 75.8 Å². The minimum atomic E-state index is 0.205. The lowest BCUT2D eigenvalue weighted by Gasteiger charge is -2.34. The van der Waals surface area contributed by atoms with Crippen molar-refractivity contribution in [3.05, 3.63) is 0 Å². The number of aliphatic hydroxyl groups excluding tert-OH is 1. The van der Waals surface area contributed by atoms with Gasteiger partial charge in [-0.15, -0.1) is 0 Å². The van der Waals surface area contributed by atoms with E-state index in [2.05, 4.69) is 10.2 Å². The Morgan fingerprint density at radius 3 is 2.84 bits per heavy atom. The lowest BCUT2D eigenvalue weighted by atomic mass is 9.86. The van der Waals surface area contributed by atoms with E-state index in [1.54, 1.807) is 7.11 Å². The van der Waals surface area contributed by atoms with Crippen LogP contribution in [-0.2, 0) is 9.47 Å². The van der Waals surface area contributed by atoms with Gasteiger partial charge in [0, 0.05) is 51.4 Å². The molecule has 2 aliphatic rings. The van der Waals surface area contributed by atoms with E-state index in [9.17, 15) is 5.11 Å². The van der Waals surface area contributed by atoms with E-state index in [0.29, 0.717) is 13.2 Å². The minimum Gasteiger partial charge on any atom is -0.395 e. The van der Waals surface area contributed by atoms with Crippen molar-refractivity contribution in [2.75, 3.05) is 59.7 Å². The lowest BCUT2D eigenvalue weighted by molar-refractivity contribution is 0.0761. The van der Waals surface area contributed by atoms with Crippen LogP contribution in [0.5, 0.6) is 0 Å². The van der Waals surface area contributed by atoms with Crippen molar-refractivity contribution >= 4 is 0 Å². The molecule has 1 saturated heterocycles. The summed E-state index contributed by atoms with van der Waals surface area (Å²) in [6.45, 7) is 6.23. The number of rotatable bonds is 10. The zero-order chi connectivity index (χ0) is 13.6. The van der Waals surface area contributed by atoms with Crippen molar-refractivity contribution in [3.63, 3.8) is 0 Å². The van der Waals surface area contributed by atoms with Crippen molar-refractivity contribution in [1.82, 2.24) is 10.2 Å². The number of nitrogens with one attached hydrogen (secondary N) is 1. The summed E-state index contributed by atoms with van der Waals surface area (Å²) >= 11 is 0. The maximum Gasteiger partial charge on any atom is 0.0589 e. The van der Waals surface area contributed by atoms with Crippen molar-refractivity contribution in [2.45, 2.75) is 25.3 Å². The molecule has 2 fully saturated rings. The molecule has 1 atom stereocenters. The van der Waals surface area contributed by atoms with Crippen LogP contribution in [0.15, 0.2) is 0 Å². The van der Waals surface area contributed by atoms with Crippen molar-refractivity contribution in [1.29, 1.82) is 0 Å². The van der Waals surface area contributed by atoms with Crippen LogP contribution >= 0.6 is 0 Å². The van der Waals surface area contributed by atoms with Gasteiger partial charge in [-0.3, -0.25) is 4.90 Å². The van der Waals surface area contributed by atoms with Crippen LogP contribution in [0.2, 0.25) is 0 Å². The van der Waals surface area contributed by atoms with Gasteiger partial charge in [0.2, 0.25) is 0 Å². The molecule has 2 N–H and O–H groups in total. The third-order valence-corrected chi connectivity index (χ3v) is 4.11. The fraction of sp³-hybridized carbons (Fsp3) is 1.00. The van der Waals surface area contributed by atoms with E-state index in [0.717, 1.165) is 45.3 Å². The molecule has 0 spiro atoms. The number of hydrogen-bond donors (Lipinski definition) is 2. The Morgan fingerprint density at radius 2 is 2.26 bits per heavy atom. The van der Waals surface area contributed by atoms with E-state index in [-0.39, 0.29) is 12.0 Å². The first-order valence-electron chi connectivity index (χ1n) is 7.41. The maximum absolute atomic E-state index is 9.19. The Morgan fingerprint density at radius 1 is 1.42 bits per heavy atom. The molecule has 5 nitrogen and oxygen atoms in total. The molecule has 112 valence electrons. The number of nitrogens with zero attached hydrogens (tertiary/aromatic N) is 1. The number of ether oxygens (including phenoxy) is 2. The Labute approximate surface area is 116 Å². The summed E-state index contributed by atoms with van der Waals surface area (Å²) in [5, 5.41) is 12.8. The molecular weight excluding hydrogens is 244 g/mol. The average Bonchev–Trinajstić information content (AvgIpc) is 3.14. The SMILES string of the molecule is COCCN(CCO)CC1(CNC2CC2)CCOC1. The highest BCUT2D eigenvalue weighted by Gasteiger charge is 2.37. The molecule has 1 unspecified atom stereocenters. The fourth-order valence-electron chi connectivity index (χ4n) is 2.72. The van der Waals surface area contributed by atoms with Crippen LogP contribution < -0.4 is 5.32 Å². The van der Waals surface area contributed by atoms with Gasteiger partial charge in [-0.2, -0.15) is 0 Å². The first kappa shape index (κ1) is 15.2. The molecule has 1 aliphatic carbocycles. The molecule has 5 heteroatoms. The molecule has 2 rings (SSSR count). The van der Waals surface area contributed by atoms with E-state index >= 15 is 0 Å². The predicted octanol–water partition coefficient (Wildman–Crippen LogP) is 0.0858. The summed E-state index contributed by atoms with van der Waals surface area (Å²) in [5.74, 6) is 0. The molecule has 0 aromatic carbocycles. The van der Waals surface area contributed by atoms with E-state index < -0.39 is 0 Å². The van der Waals surface area contributed by atoms with Gasteiger partial charge in [0.25, 0.3) is 0 Å². The van der Waals surface area contributed by atoms with Crippen LogP contribution in [0.25, 0.3) is 0 Å². The van der Waals surface area contributed by atoms with E-state index in [4.69, 9.17) is 9.47 Å². The number of aliphatic hydroxyl groups is 1. The highest BCUT2D eigenvalue weighted by molar-refractivity contribution is 4.92. The third kappa shape index (κ3) is 5.00. The van der Waals surface area contributed by atoms with Gasteiger partial charge < -0.3 is 19.9 Å². The van der Waals surface area contributed by atoms with Gasteiger partial charge in [-0.1, -0.05) is 0 Å². The van der Waals surface area contributed by atoms with Gasteiger partial charge in [0.1, 0.15) is 0 Å². The second kappa shape index (κ2) is 7.55. The smallest absolute Gasteiger partial charge is 0.0589 e. The van der Waals surface area contributed by atoms with Gasteiger partial charge in [-0.05, 0) is 19.3 Å². The van der Waals surface area contributed by atoms with Gasteiger partial charge in [0.05, 0.1) is 19.8 Å². The number of methoxy groups -OCH3 is 1. The Hall–Kier alpha value is -0.200. The Bertz CT molecular complexity index is 253. The summed E-state index contributed by atoms with van der Waals surface area (Å²) in [4.78, 5) is 2.30.